The predicted octanol–water partition coefficient (Wildman–Crippen LogP) is 1.40. The number of hydrogen-bond donors (Lipinski definition) is 3. The van der Waals surface area contributed by atoms with Crippen LogP contribution in [0.1, 0.15) is 50.6 Å². The van der Waals surface area contributed by atoms with Crippen molar-refractivity contribution < 1.29 is 14.4 Å². The van der Waals surface area contributed by atoms with Crippen molar-refractivity contribution in [3.05, 3.63) is 17.0 Å². The van der Waals surface area contributed by atoms with Crippen LogP contribution in [0, 0.1) is 0 Å². The van der Waals surface area contributed by atoms with E-state index in [0.717, 1.165) is 36.4 Å². The van der Waals surface area contributed by atoms with Crippen LogP contribution in [-0.4, -0.2) is 48.1 Å². The molecular weight excluding hydrogens is 308 g/mol. The fourth-order valence-corrected chi connectivity index (χ4v) is 2.79. The molecule has 0 radical (unpaired) electrons. The van der Waals surface area contributed by atoms with Gasteiger partial charge in [0.2, 0.25) is 0 Å². The number of hydrogen-bond acceptors (Lipinski definition) is 5. The van der Waals surface area contributed by atoms with E-state index in [4.69, 9.17) is 9.26 Å². The maximum atomic E-state index is 10.6. The third kappa shape index (κ3) is 4.95. The number of nitrogens with one attached hydrogen (secondary N) is 2. The summed E-state index contributed by atoms with van der Waals surface area (Å²) in [5, 5.41) is 21.1. The number of aryl methyl sites for hydroxylation is 2. The molecule has 0 unspecified atom stereocenters. The van der Waals surface area contributed by atoms with Gasteiger partial charge in [-0.2, -0.15) is 0 Å². The standard InChI is InChI=1S/C17H30N4O3/c1-4-14-13(15(5-2)24-21-14)11-19-16(18-6-3)20-12-17(22)7-9-23-10-8-17/h22H,4-12H2,1-3H3,(H2,18,19,20). The number of aliphatic hydroxyl groups is 1. The lowest BCUT2D eigenvalue weighted by Gasteiger charge is -2.32. The average Bonchev–Trinajstić information content (AvgIpc) is 3.00. The number of guanidine groups is 1. The quantitative estimate of drug-likeness (QED) is 0.514. The molecule has 0 aliphatic carbocycles. The van der Waals surface area contributed by atoms with E-state index in [-0.39, 0.29) is 0 Å². The van der Waals surface area contributed by atoms with Crippen LogP contribution in [0.3, 0.4) is 0 Å². The van der Waals surface area contributed by atoms with Crippen LogP contribution < -0.4 is 10.6 Å². The first-order valence-corrected chi connectivity index (χ1v) is 8.90. The van der Waals surface area contributed by atoms with Gasteiger partial charge in [-0.05, 0) is 13.3 Å². The van der Waals surface area contributed by atoms with E-state index in [0.29, 0.717) is 45.1 Å². The zero-order chi connectivity index (χ0) is 17.4. The molecule has 0 aromatic carbocycles. The highest BCUT2D eigenvalue weighted by Crippen LogP contribution is 2.19. The zero-order valence-corrected chi connectivity index (χ0v) is 15.0. The lowest BCUT2D eigenvalue weighted by molar-refractivity contribution is -0.0594. The van der Waals surface area contributed by atoms with Gasteiger partial charge in [-0.15, -0.1) is 0 Å². The van der Waals surface area contributed by atoms with Gasteiger partial charge < -0.3 is 25.0 Å². The predicted molar refractivity (Wildman–Crippen MR) is 93.1 cm³/mol. The van der Waals surface area contributed by atoms with E-state index in [1.165, 1.54) is 0 Å². The Bertz CT molecular complexity index is 514. The summed E-state index contributed by atoms with van der Waals surface area (Å²) < 4.78 is 10.7. The lowest BCUT2D eigenvalue weighted by Crippen LogP contribution is -2.49. The van der Waals surface area contributed by atoms with Crippen molar-refractivity contribution in [1.29, 1.82) is 0 Å². The zero-order valence-electron chi connectivity index (χ0n) is 15.0. The topological polar surface area (TPSA) is 91.9 Å². The summed E-state index contributed by atoms with van der Waals surface area (Å²) >= 11 is 0. The van der Waals surface area contributed by atoms with E-state index >= 15 is 0 Å². The molecule has 2 rings (SSSR count). The summed E-state index contributed by atoms with van der Waals surface area (Å²) in [4.78, 5) is 4.64. The van der Waals surface area contributed by atoms with Gasteiger partial charge in [-0.3, -0.25) is 0 Å². The van der Waals surface area contributed by atoms with Crippen molar-refractivity contribution >= 4 is 5.96 Å². The Labute approximate surface area is 143 Å². The summed E-state index contributed by atoms with van der Waals surface area (Å²) in [6.45, 7) is 9.09. The summed E-state index contributed by atoms with van der Waals surface area (Å²) in [7, 11) is 0. The third-order valence-electron chi connectivity index (χ3n) is 4.35. The van der Waals surface area contributed by atoms with Gasteiger partial charge in [-0.25, -0.2) is 4.99 Å². The normalized spacial score (nSPS) is 17.8. The van der Waals surface area contributed by atoms with Crippen LogP contribution in [0.15, 0.2) is 9.52 Å². The largest absolute Gasteiger partial charge is 0.388 e. The Hall–Kier alpha value is -1.60. The van der Waals surface area contributed by atoms with Gasteiger partial charge in [0.05, 0.1) is 17.8 Å². The first-order chi connectivity index (χ1) is 11.6. The molecule has 1 aliphatic rings. The first-order valence-electron chi connectivity index (χ1n) is 8.90. The van der Waals surface area contributed by atoms with Crippen molar-refractivity contribution in [1.82, 2.24) is 15.8 Å². The molecule has 136 valence electrons. The highest BCUT2D eigenvalue weighted by molar-refractivity contribution is 5.79. The Morgan fingerprint density at radius 2 is 1.96 bits per heavy atom. The number of aromatic nitrogens is 1. The van der Waals surface area contributed by atoms with Crippen LogP contribution >= 0.6 is 0 Å². The highest BCUT2D eigenvalue weighted by atomic mass is 16.5. The molecule has 0 bridgehead atoms. The molecule has 1 aromatic rings. The van der Waals surface area contributed by atoms with Gasteiger partial charge in [0.25, 0.3) is 0 Å². The Balaban J connectivity index is 2.01. The monoisotopic (exact) mass is 338 g/mol. The molecule has 1 aromatic heterocycles. The summed E-state index contributed by atoms with van der Waals surface area (Å²) in [5.74, 6) is 1.59. The SMILES string of the molecule is CCNC(=NCc1c(CC)noc1CC)NCC1(O)CCOCC1. The molecule has 1 aliphatic heterocycles. The number of nitrogens with zero attached hydrogens (tertiary/aromatic N) is 2. The first kappa shape index (κ1) is 18.7. The van der Waals surface area contributed by atoms with Crippen molar-refractivity contribution in [3.63, 3.8) is 0 Å². The van der Waals surface area contributed by atoms with E-state index in [2.05, 4.69) is 34.6 Å². The molecule has 24 heavy (non-hydrogen) atoms. The third-order valence-corrected chi connectivity index (χ3v) is 4.35. The second-order valence-electron chi connectivity index (χ2n) is 6.12. The summed E-state index contributed by atoms with van der Waals surface area (Å²) in [6.07, 6.45) is 2.93. The Morgan fingerprint density at radius 3 is 2.58 bits per heavy atom. The van der Waals surface area contributed by atoms with Gasteiger partial charge in [0.1, 0.15) is 5.76 Å². The van der Waals surface area contributed by atoms with Crippen LogP contribution in [0.2, 0.25) is 0 Å². The van der Waals surface area contributed by atoms with Crippen molar-refractivity contribution in [2.24, 2.45) is 4.99 Å². The number of rotatable bonds is 7. The Morgan fingerprint density at radius 1 is 1.21 bits per heavy atom. The maximum Gasteiger partial charge on any atom is 0.191 e. The fourth-order valence-electron chi connectivity index (χ4n) is 2.79. The molecule has 2 heterocycles. The molecule has 1 fully saturated rings. The molecule has 0 spiro atoms. The van der Waals surface area contributed by atoms with Crippen molar-refractivity contribution in [2.45, 2.75) is 58.6 Å². The van der Waals surface area contributed by atoms with Crippen LogP contribution in [0.25, 0.3) is 0 Å². The lowest BCUT2D eigenvalue weighted by atomic mass is 9.94. The van der Waals surface area contributed by atoms with E-state index in [9.17, 15) is 5.11 Å². The fraction of sp³-hybridized carbons (Fsp3) is 0.765. The minimum Gasteiger partial charge on any atom is -0.388 e. The smallest absolute Gasteiger partial charge is 0.191 e. The van der Waals surface area contributed by atoms with Crippen LogP contribution in [0.5, 0.6) is 0 Å². The van der Waals surface area contributed by atoms with E-state index in [1.807, 2.05) is 6.92 Å². The highest BCUT2D eigenvalue weighted by Gasteiger charge is 2.29. The molecule has 0 atom stereocenters. The molecular formula is C17H30N4O3. The van der Waals surface area contributed by atoms with E-state index in [1.54, 1.807) is 0 Å². The maximum absolute atomic E-state index is 10.6. The van der Waals surface area contributed by atoms with Gasteiger partial charge in [0, 0.05) is 51.1 Å². The van der Waals surface area contributed by atoms with Crippen molar-refractivity contribution in [3.8, 4) is 0 Å². The molecule has 0 amide bonds. The summed E-state index contributed by atoms with van der Waals surface area (Å²) in [5.41, 5.74) is 1.31. The number of ether oxygens (including phenoxy) is 1. The van der Waals surface area contributed by atoms with E-state index < -0.39 is 5.60 Å². The van der Waals surface area contributed by atoms with Gasteiger partial charge in [0.15, 0.2) is 5.96 Å². The Kier molecular flexibility index (Phi) is 7.05. The average molecular weight is 338 g/mol. The summed E-state index contributed by atoms with van der Waals surface area (Å²) in [6, 6.07) is 0. The molecule has 0 saturated carbocycles. The minimum atomic E-state index is -0.727. The van der Waals surface area contributed by atoms with Gasteiger partial charge >= 0.3 is 0 Å². The minimum absolute atomic E-state index is 0.465. The van der Waals surface area contributed by atoms with Gasteiger partial charge in [-0.1, -0.05) is 19.0 Å². The second kappa shape index (κ2) is 9.03. The molecule has 7 nitrogen and oxygen atoms in total. The van der Waals surface area contributed by atoms with Crippen molar-refractivity contribution in [2.75, 3.05) is 26.3 Å². The van der Waals surface area contributed by atoms with Crippen LogP contribution in [-0.2, 0) is 24.1 Å². The van der Waals surface area contributed by atoms with Crippen LogP contribution in [0.4, 0.5) is 0 Å². The molecule has 1 saturated heterocycles. The molecule has 7 heteroatoms. The number of aliphatic imine (C=N–C) groups is 1. The second-order valence-corrected chi connectivity index (χ2v) is 6.12. The molecule has 3 N–H and O–H groups in total.